The first kappa shape index (κ1) is 8.54. The molecule has 1 aromatic rings. The molecule has 0 amide bonds. The van der Waals surface area contributed by atoms with Crippen LogP contribution in [0.25, 0.3) is 0 Å². The summed E-state index contributed by atoms with van der Waals surface area (Å²) in [6.07, 6.45) is 1.13. The van der Waals surface area contributed by atoms with Crippen LogP contribution in [0.1, 0.15) is 23.3 Å². The van der Waals surface area contributed by atoms with E-state index in [2.05, 4.69) is 18.3 Å². The molecule has 0 bridgehead atoms. The van der Waals surface area contributed by atoms with Crippen molar-refractivity contribution < 1.29 is 0 Å². The highest BCUT2D eigenvalue weighted by Crippen LogP contribution is 2.33. The molecule has 2 heterocycles. The molecular weight excluding hydrogens is 190 g/mol. The number of rotatable bonds is 0. The van der Waals surface area contributed by atoms with Crippen molar-refractivity contribution in [3.05, 3.63) is 20.8 Å². The van der Waals surface area contributed by atoms with Crippen molar-refractivity contribution in [1.82, 2.24) is 5.32 Å². The first-order valence-corrected chi connectivity index (χ1v) is 5.45. The maximum absolute atomic E-state index is 5.97. The highest BCUT2D eigenvalue weighted by molar-refractivity contribution is 7.16. The van der Waals surface area contributed by atoms with Gasteiger partial charge in [0.2, 0.25) is 0 Å². The second-order valence-electron chi connectivity index (χ2n) is 3.30. The van der Waals surface area contributed by atoms with E-state index in [4.69, 9.17) is 11.6 Å². The third-order valence-corrected chi connectivity index (χ3v) is 3.82. The van der Waals surface area contributed by atoms with Gasteiger partial charge in [0.1, 0.15) is 0 Å². The summed E-state index contributed by atoms with van der Waals surface area (Å²) in [6.45, 7) is 4.43. The predicted molar refractivity (Wildman–Crippen MR) is 54.3 cm³/mol. The minimum absolute atomic E-state index is 0.625. The van der Waals surface area contributed by atoms with Crippen molar-refractivity contribution in [3.8, 4) is 0 Å². The minimum atomic E-state index is 0.625. The van der Waals surface area contributed by atoms with Crippen LogP contribution in [-0.4, -0.2) is 13.1 Å². The van der Waals surface area contributed by atoms with Gasteiger partial charge >= 0.3 is 0 Å². The molecule has 66 valence electrons. The molecule has 1 aromatic heterocycles. The Morgan fingerprint density at radius 1 is 1.67 bits per heavy atom. The van der Waals surface area contributed by atoms with E-state index in [9.17, 15) is 0 Å². The van der Waals surface area contributed by atoms with Crippen molar-refractivity contribution in [1.29, 1.82) is 0 Å². The third kappa shape index (κ3) is 1.51. The Bertz CT molecular complexity index is 282. The van der Waals surface area contributed by atoms with Gasteiger partial charge in [-0.3, -0.25) is 0 Å². The van der Waals surface area contributed by atoms with E-state index in [-0.39, 0.29) is 0 Å². The lowest BCUT2D eigenvalue weighted by Gasteiger charge is -2.06. The second kappa shape index (κ2) is 3.36. The van der Waals surface area contributed by atoms with Crippen LogP contribution in [0.3, 0.4) is 0 Å². The molecule has 0 saturated carbocycles. The molecule has 12 heavy (non-hydrogen) atoms. The molecule has 1 aliphatic heterocycles. The Morgan fingerprint density at radius 2 is 2.50 bits per heavy atom. The number of halogens is 1. The van der Waals surface area contributed by atoms with Gasteiger partial charge in [0.15, 0.2) is 0 Å². The van der Waals surface area contributed by atoms with Crippen LogP contribution in [0.2, 0.25) is 4.34 Å². The zero-order valence-corrected chi connectivity index (χ0v) is 8.63. The molecule has 0 radical (unpaired) electrons. The third-order valence-electron chi connectivity index (χ3n) is 2.28. The van der Waals surface area contributed by atoms with Crippen LogP contribution in [0.5, 0.6) is 0 Å². The molecule has 1 nitrogen and oxygen atoms in total. The molecule has 0 unspecified atom stereocenters. The zero-order valence-electron chi connectivity index (χ0n) is 7.06. The van der Waals surface area contributed by atoms with Crippen molar-refractivity contribution in [2.24, 2.45) is 0 Å². The molecule has 1 aliphatic rings. The van der Waals surface area contributed by atoms with Crippen LogP contribution in [0.4, 0.5) is 0 Å². The Hall–Kier alpha value is -0.0500. The SMILES string of the molecule is C[C@@H]1CNCCc2cc(Cl)sc21. The molecule has 1 N–H and O–H groups in total. The zero-order chi connectivity index (χ0) is 8.55. The van der Waals surface area contributed by atoms with Gasteiger partial charge in [0.25, 0.3) is 0 Å². The van der Waals surface area contributed by atoms with Gasteiger partial charge in [0.05, 0.1) is 4.34 Å². The lowest BCUT2D eigenvalue weighted by Crippen LogP contribution is -2.18. The number of nitrogens with one attached hydrogen (secondary N) is 1. The molecule has 0 aliphatic carbocycles. The summed E-state index contributed by atoms with van der Waals surface area (Å²) in [7, 11) is 0. The molecule has 0 aromatic carbocycles. The Morgan fingerprint density at radius 3 is 3.33 bits per heavy atom. The molecular formula is C9H12ClNS. The summed E-state index contributed by atoms with van der Waals surface area (Å²) in [5.74, 6) is 0.625. The van der Waals surface area contributed by atoms with E-state index in [0.717, 1.165) is 23.8 Å². The largest absolute Gasteiger partial charge is 0.316 e. The maximum Gasteiger partial charge on any atom is 0.0934 e. The van der Waals surface area contributed by atoms with Crippen molar-refractivity contribution in [3.63, 3.8) is 0 Å². The Balaban J connectivity index is 2.38. The summed E-state index contributed by atoms with van der Waals surface area (Å²) < 4.78 is 0.939. The highest BCUT2D eigenvalue weighted by Gasteiger charge is 2.16. The van der Waals surface area contributed by atoms with Gasteiger partial charge in [-0.2, -0.15) is 0 Å². The van der Waals surface area contributed by atoms with Crippen LogP contribution in [0, 0.1) is 0 Å². The fraction of sp³-hybridized carbons (Fsp3) is 0.556. The van der Waals surface area contributed by atoms with Crippen LogP contribution in [-0.2, 0) is 6.42 Å². The van der Waals surface area contributed by atoms with E-state index in [1.165, 1.54) is 10.4 Å². The first-order valence-electron chi connectivity index (χ1n) is 4.26. The molecule has 0 fully saturated rings. The fourth-order valence-corrected chi connectivity index (χ4v) is 3.02. The van der Waals surface area contributed by atoms with E-state index in [1.54, 1.807) is 11.3 Å². The first-order chi connectivity index (χ1) is 5.77. The molecule has 0 spiro atoms. The lowest BCUT2D eigenvalue weighted by molar-refractivity contribution is 0.648. The molecule has 3 heteroatoms. The summed E-state index contributed by atoms with van der Waals surface area (Å²) in [5, 5.41) is 3.41. The van der Waals surface area contributed by atoms with Gasteiger partial charge in [-0.05, 0) is 24.6 Å². The molecule has 2 rings (SSSR count). The number of thiophene rings is 1. The number of hydrogen-bond donors (Lipinski definition) is 1. The van der Waals surface area contributed by atoms with Crippen LogP contribution in [0.15, 0.2) is 6.07 Å². The van der Waals surface area contributed by atoms with Crippen molar-refractivity contribution >= 4 is 22.9 Å². The van der Waals surface area contributed by atoms with E-state index >= 15 is 0 Å². The van der Waals surface area contributed by atoms with E-state index in [0.29, 0.717) is 5.92 Å². The van der Waals surface area contributed by atoms with Gasteiger partial charge in [-0.25, -0.2) is 0 Å². The Labute approximate surface area is 81.7 Å². The van der Waals surface area contributed by atoms with E-state index < -0.39 is 0 Å². The van der Waals surface area contributed by atoms with Crippen LogP contribution < -0.4 is 5.32 Å². The van der Waals surface area contributed by atoms with Gasteiger partial charge in [0, 0.05) is 17.3 Å². The van der Waals surface area contributed by atoms with Gasteiger partial charge in [-0.1, -0.05) is 18.5 Å². The van der Waals surface area contributed by atoms with Gasteiger partial charge < -0.3 is 5.32 Å². The summed E-state index contributed by atoms with van der Waals surface area (Å²) in [5.41, 5.74) is 1.45. The Kier molecular flexibility index (Phi) is 2.40. The summed E-state index contributed by atoms with van der Waals surface area (Å²) >= 11 is 7.70. The number of hydrogen-bond acceptors (Lipinski definition) is 2. The standard InChI is InChI=1S/C9H12ClNS/c1-6-5-11-3-2-7-4-8(10)12-9(6)7/h4,6,11H,2-3,5H2,1H3/t6-/m1/s1. The summed E-state index contributed by atoms with van der Waals surface area (Å²) in [6, 6.07) is 2.12. The average molecular weight is 202 g/mol. The van der Waals surface area contributed by atoms with Crippen LogP contribution >= 0.6 is 22.9 Å². The smallest absolute Gasteiger partial charge is 0.0934 e. The average Bonchev–Trinajstić information content (AvgIpc) is 2.33. The van der Waals surface area contributed by atoms with E-state index in [1.807, 2.05) is 0 Å². The lowest BCUT2D eigenvalue weighted by atomic mass is 10.1. The topological polar surface area (TPSA) is 12.0 Å². The highest BCUT2D eigenvalue weighted by atomic mass is 35.5. The monoisotopic (exact) mass is 201 g/mol. The fourth-order valence-electron chi connectivity index (χ4n) is 1.65. The normalized spacial score (nSPS) is 23.3. The molecule has 0 saturated heterocycles. The quantitative estimate of drug-likeness (QED) is 0.681. The number of fused-ring (bicyclic) bond motifs is 1. The second-order valence-corrected chi connectivity index (χ2v) is 5.01. The van der Waals surface area contributed by atoms with Gasteiger partial charge in [-0.15, -0.1) is 11.3 Å². The van der Waals surface area contributed by atoms with Crippen molar-refractivity contribution in [2.75, 3.05) is 13.1 Å². The van der Waals surface area contributed by atoms with Crippen molar-refractivity contribution in [2.45, 2.75) is 19.3 Å². The summed E-state index contributed by atoms with van der Waals surface area (Å²) in [4.78, 5) is 1.48. The maximum atomic E-state index is 5.97. The predicted octanol–water partition coefficient (Wildman–Crippen LogP) is 2.65. The molecule has 1 atom stereocenters. The minimum Gasteiger partial charge on any atom is -0.316 e.